The van der Waals surface area contributed by atoms with E-state index >= 15 is 0 Å². The number of imidazole rings is 1. The topological polar surface area (TPSA) is 76.2 Å². The molecule has 1 N–H and O–H groups in total. The Labute approximate surface area is 113 Å². The summed E-state index contributed by atoms with van der Waals surface area (Å²) in [5.74, 6) is 1.35. The lowest BCUT2D eigenvalue weighted by Crippen LogP contribution is -2.37. The molecule has 1 aromatic rings. The Morgan fingerprint density at radius 3 is 2.47 bits per heavy atom. The van der Waals surface area contributed by atoms with Gasteiger partial charge in [-0.2, -0.15) is 0 Å². The first-order chi connectivity index (χ1) is 8.73. The van der Waals surface area contributed by atoms with Gasteiger partial charge in [-0.25, -0.2) is 0 Å². The first-order valence-corrected chi connectivity index (χ1v) is 6.33. The molecular formula is C12H23N5O2. The van der Waals surface area contributed by atoms with Crippen LogP contribution in [0.2, 0.25) is 0 Å². The Morgan fingerprint density at radius 1 is 1.47 bits per heavy atom. The number of nitro groups is 1. The highest BCUT2D eigenvalue weighted by molar-refractivity contribution is 5.54. The van der Waals surface area contributed by atoms with Crippen molar-refractivity contribution in [3.8, 4) is 0 Å². The standard InChI is InChI=1S/C12H23N5O2/c1-8(2)10(7-15(4)5)14-11-12(17(18)19)13-9(3)16(11)6/h8,10,14H,7H2,1-6H3. The molecule has 0 saturated heterocycles. The third kappa shape index (κ3) is 3.66. The Bertz CT molecular complexity index is 453. The number of aryl methyl sites for hydroxylation is 1. The van der Waals surface area contributed by atoms with Crippen molar-refractivity contribution >= 4 is 11.6 Å². The number of hydrogen-bond acceptors (Lipinski definition) is 5. The number of rotatable bonds is 6. The average Bonchev–Trinajstić information content (AvgIpc) is 2.55. The lowest BCUT2D eigenvalue weighted by Gasteiger charge is -2.26. The maximum atomic E-state index is 11.0. The van der Waals surface area contributed by atoms with Gasteiger partial charge in [-0.15, -0.1) is 0 Å². The van der Waals surface area contributed by atoms with Crippen LogP contribution >= 0.6 is 0 Å². The third-order valence-corrected chi connectivity index (χ3v) is 3.16. The van der Waals surface area contributed by atoms with Crippen molar-refractivity contribution in [2.75, 3.05) is 26.0 Å². The van der Waals surface area contributed by atoms with Gasteiger partial charge in [-0.1, -0.05) is 13.8 Å². The number of aromatic nitrogens is 2. The molecule has 0 amide bonds. The molecule has 0 bridgehead atoms. The smallest absolute Gasteiger partial charge is 0.360 e. The van der Waals surface area contributed by atoms with Crippen LogP contribution in [0.5, 0.6) is 0 Å². The molecule has 0 aliphatic heterocycles. The molecule has 1 aromatic heterocycles. The summed E-state index contributed by atoms with van der Waals surface area (Å²) in [5.41, 5.74) is 0. The predicted octanol–water partition coefficient (Wildman–Crippen LogP) is 1.63. The van der Waals surface area contributed by atoms with Gasteiger partial charge in [0.15, 0.2) is 0 Å². The van der Waals surface area contributed by atoms with Crippen LogP contribution in [-0.4, -0.2) is 46.1 Å². The van der Waals surface area contributed by atoms with Crippen LogP contribution in [0.4, 0.5) is 11.6 Å². The summed E-state index contributed by atoms with van der Waals surface area (Å²) in [6.45, 7) is 6.75. The van der Waals surface area contributed by atoms with Crippen LogP contribution in [0, 0.1) is 23.0 Å². The quantitative estimate of drug-likeness (QED) is 0.627. The Kier molecular flexibility index (Phi) is 4.88. The molecular weight excluding hydrogens is 246 g/mol. The summed E-state index contributed by atoms with van der Waals surface area (Å²) in [4.78, 5) is 16.6. The molecule has 1 rings (SSSR count). The van der Waals surface area contributed by atoms with Gasteiger partial charge in [0, 0.05) is 26.6 Å². The van der Waals surface area contributed by atoms with E-state index in [4.69, 9.17) is 0 Å². The van der Waals surface area contributed by atoms with Crippen molar-refractivity contribution in [2.24, 2.45) is 13.0 Å². The largest absolute Gasteiger partial charge is 0.406 e. The maximum absolute atomic E-state index is 11.0. The first kappa shape index (κ1) is 15.4. The van der Waals surface area contributed by atoms with Gasteiger partial charge in [0.2, 0.25) is 11.6 Å². The summed E-state index contributed by atoms with van der Waals surface area (Å²) in [6, 6.07) is 0.128. The van der Waals surface area contributed by atoms with Gasteiger partial charge in [0.25, 0.3) is 0 Å². The maximum Gasteiger partial charge on any atom is 0.406 e. The molecule has 1 atom stereocenters. The molecule has 7 heteroatoms. The van der Waals surface area contributed by atoms with E-state index in [0.717, 1.165) is 6.54 Å². The van der Waals surface area contributed by atoms with Crippen molar-refractivity contribution in [3.63, 3.8) is 0 Å². The predicted molar refractivity (Wildman–Crippen MR) is 75.4 cm³/mol. The second kappa shape index (κ2) is 6.01. The fourth-order valence-electron chi connectivity index (χ4n) is 1.87. The summed E-state index contributed by atoms with van der Waals surface area (Å²) in [7, 11) is 5.75. The average molecular weight is 269 g/mol. The summed E-state index contributed by atoms with van der Waals surface area (Å²) >= 11 is 0. The number of likely N-dealkylation sites (N-methyl/N-ethyl adjacent to an activating group) is 1. The Morgan fingerprint density at radius 2 is 2.05 bits per heavy atom. The SMILES string of the molecule is Cc1nc([N+](=O)[O-])c(NC(CN(C)C)C(C)C)n1C. The van der Waals surface area contributed by atoms with Gasteiger partial charge >= 0.3 is 5.82 Å². The fourth-order valence-corrected chi connectivity index (χ4v) is 1.87. The second-order valence-corrected chi connectivity index (χ2v) is 5.40. The molecule has 1 unspecified atom stereocenters. The van der Waals surface area contributed by atoms with Gasteiger partial charge in [-0.05, 0) is 29.9 Å². The molecule has 0 aliphatic rings. The van der Waals surface area contributed by atoms with Crippen LogP contribution in [-0.2, 0) is 7.05 Å². The van der Waals surface area contributed by atoms with Crippen molar-refractivity contribution in [3.05, 3.63) is 15.9 Å². The zero-order valence-electron chi connectivity index (χ0n) is 12.5. The van der Waals surface area contributed by atoms with Gasteiger partial charge in [0.1, 0.15) is 0 Å². The van der Waals surface area contributed by atoms with E-state index in [0.29, 0.717) is 17.6 Å². The highest BCUT2D eigenvalue weighted by atomic mass is 16.6. The van der Waals surface area contributed by atoms with Crippen molar-refractivity contribution < 1.29 is 4.92 Å². The number of hydrogen-bond donors (Lipinski definition) is 1. The van der Waals surface area contributed by atoms with Gasteiger partial charge < -0.3 is 20.3 Å². The fraction of sp³-hybridized carbons (Fsp3) is 0.750. The van der Waals surface area contributed by atoms with Crippen LogP contribution in [0.15, 0.2) is 0 Å². The van der Waals surface area contributed by atoms with Crippen LogP contribution in [0.25, 0.3) is 0 Å². The van der Waals surface area contributed by atoms with Crippen molar-refractivity contribution in [1.82, 2.24) is 14.5 Å². The first-order valence-electron chi connectivity index (χ1n) is 6.33. The molecule has 0 aliphatic carbocycles. The normalized spacial score (nSPS) is 13.1. The zero-order valence-corrected chi connectivity index (χ0v) is 12.5. The van der Waals surface area contributed by atoms with Crippen LogP contribution in [0.1, 0.15) is 19.7 Å². The molecule has 0 saturated carbocycles. The van der Waals surface area contributed by atoms with Crippen LogP contribution < -0.4 is 5.32 Å². The van der Waals surface area contributed by atoms with E-state index in [1.807, 2.05) is 14.1 Å². The van der Waals surface area contributed by atoms with Crippen molar-refractivity contribution in [2.45, 2.75) is 26.8 Å². The molecule has 108 valence electrons. The number of nitrogens with zero attached hydrogens (tertiary/aromatic N) is 4. The van der Waals surface area contributed by atoms with Gasteiger partial charge in [0.05, 0.1) is 0 Å². The Balaban J connectivity index is 3.05. The second-order valence-electron chi connectivity index (χ2n) is 5.40. The monoisotopic (exact) mass is 269 g/mol. The van der Waals surface area contributed by atoms with E-state index < -0.39 is 4.92 Å². The molecule has 0 radical (unpaired) electrons. The summed E-state index contributed by atoms with van der Waals surface area (Å²) in [5, 5.41) is 14.3. The summed E-state index contributed by atoms with van der Waals surface area (Å²) < 4.78 is 1.73. The highest BCUT2D eigenvalue weighted by Crippen LogP contribution is 2.25. The van der Waals surface area contributed by atoms with E-state index in [-0.39, 0.29) is 11.9 Å². The van der Waals surface area contributed by atoms with E-state index in [1.54, 1.807) is 18.5 Å². The Hall–Kier alpha value is -1.63. The number of nitrogens with one attached hydrogen (secondary N) is 1. The van der Waals surface area contributed by atoms with Gasteiger partial charge in [-0.3, -0.25) is 4.57 Å². The third-order valence-electron chi connectivity index (χ3n) is 3.16. The van der Waals surface area contributed by atoms with E-state index in [1.165, 1.54) is 0 Å². The minimum absolute atomic E-state index is 0.107. The molecule has 0 fully saturated rings. The summed E-state index contributed by atoms with van der Waals surface area (Å²) in [6.07, 6.45) is 0. The molecule has 0 spiro atoms. The molecule has 1 heterocycles. The minimum atomic E-state index is -0.442. The highest BCUT2D eigenvalue weighted by Gasteiger charge is 2.26. The van der Waals surface area contributed by atoms with Crippen LogP contribution in [0.3, 0.4) is 0 Å². The molecule has 0 aromatic carbocycles. The van der Waals surface area contributed by atoms with Crippen molar-refractivity contribution in [1.29, 1.82) is 0 Å². The molecule has 19 heavy (non-hydrogen) atoms. The molecule has 7 nitrogen and oxygen atoms in total. The van der Waals surface area contributed by atoms with E-state index in [9.17, 15) is 10.1 Å². The van der Waals surface area contributed by atoms with E-state index in [2.05, 4.69) is 29.0 Å². The number of anilines is 1. The lowest BCUT2D eigenvalue weighted by molar-refractivity contribution is -0.388. The zero-order chi connectivity index (χ0) is 14.7. The lowest BCUT2D eigenvalue weighted by atomic mass is 10.0. The minimum Gasteiger partial charge on any atom is -0.360 e.